The van der Waals surface area contributed by atoms with Crippen LogP contribution < -0.4 is 5.32 Å². The number of benzene rings is 4. The number of carbonyl (C=O) groups is 3. The van der Waals surface area contributed by atoms with E-state index in [0.717, 1.165) is 23.1 Å². The topological polar surface area (TPSA) is 72.5 Å². The highest BCUT2D eigenvalue weighted by Gasteiger charge is 2.22. The van der Waals surface area contributed by atoms with Gasteiger partial charge in [0.1, 0.15) is 0 Å². The molecular formula is C31H25NO4. The zero-order valence-corrected chi connectivity index (χ0v) is 19.6. The fourth-order valence-electron chi connectivity index (χ4n) is 4.52. The minimum atomic E-state index is -0.585. The summed E-state index contributed by atoms with van der Waals surface area (Å²) in [6.45, 7) is -0.354. The van der Waals surface area contributed by atoms with E-state index in [9.17, 15) is 14.4 Å². The second-order valence-electron chi connectivity index (χ2n) is 8.80. The molecule has 1 atom stereocenters. The first kappa shape index (κ1) is 23.2. The molecule has 5 nitrogen and oxygen atoms in total. The molecule has 1 N–H and O–H groups in total. The number of Topliss-reactive ketones (excluding diaryl/α,β-unsaturated/α-hetero) is 1. The summed E-state index contributed by atoms with van der Waals surface area (Å²) < 4.78 is 5.35. The average Bonchev–Trinajstić information content (AvgIpc) is 3.30. The molecule has 5 rings (SSSR count). The third-order valence-electron chi connectivity index (χ3n) is 6.40. The summed E-state index contributed by atoms with van der Waals surface area (Å²) in [5.74, 6) is -1.11. The Morgan fingerprint density at radius 2 is 1.39 bits per heavy atom. The molecule has 178 valence electrons. The zero-order valence-electron chi connectivity index (χ0n) is 19.6. The Balaban J connectivity index is 1.24. The van der Waals surface area contributed by atoms with Gasteiger partial charge >= 0.3 is 5.97 Å². The lowest BCUT2D eigenvalue weighted by atomic mass is 10.0. The summed E-state index contributed by atoms with van der Waals surface area (Å²) in [6.07, 6.45) is 0.762. The van der Waals surface area contributed by atoms with Crippen molar-refractivity contribution in [3.05, 3.63) is 131 Å². The van der Waals surface area contributed by atoms with Crippen molar-refractivity contribution < 1.29 is 19.1 Å². The number of ketones is 1. The van der Waals surface area contributed by atoms with Crippen molar-refractivity contribution in [2.24, 2.45) is 0 Å². The minimum absolute atomic E-state index is 0.0899. The predicted octanol–water partition coefficient (Wildman–Crippen LogP) is 5.55. The average molecular weight is 476 g/mol. The van der Waals surface area contributed by atoms with Crippen molar-refractivity contribution in [2.75, 3.05) is 6.61 Å². The Kier molecular flexibility index (Phi) is 6.72. The van der Waals surface area contributed by atoms with Crippen molar-refractivity contribution in [3.63, 3.8) is 0 Å². The summed E-state index contributed by atoms with van der Waals surface area (Å²) in [4.78, 5) is 38.3. The fourth-order valence-corrected chi connectivity index (χ4v) is 4.52. The van der Waals surface area contributed by atoms with Gasteiger partial charge in [0.05, 0.1) is 12.5 Å². The molecule has 0 bridgehead atoms. The van der Waals surface area contributed by atoms with Crippen molar-refractivity contribution in [1.29, 1.82) is 0 Å². The van der Waals surface area contributed by atoms with Crippen LogP contribution in [0.4, 0.5) is 0 Å². The number of rotatable bonds is 8. The van der Waals surface area contributed by atoms with Crippen molar-refractivity contribution in [2.45, 2.75) is 18.9 Å². The molecule has 4 aromatic rings. The van der Waals surface area contributed by atoms with Crippen LogP contribution in [0.2, 0.25) is 0 Å². The number of amides is 1. The van der Waals surface area contributed by atoms with E-state index in [1.165, 1.54) is 11.1 Å². The van der Waals surface area contributed by atoms with Gasteiger partial charge in [0.25, 0.3) is 5.91 Å². The normalized spacial score (nSPS) is 12.2. The Morgan fingerprint density at radius 3 is 2.17 bits per heavy atom. The Morgan fingerprint density at radius 1 is 0.722 bits per heavy atom. The van der Waals surface area contributed by atoms with E-state index < -0.39 is 12.0 Å². The summed E-state index contributed by atoms with van der Waals surface area (Å²) in [5, 5.41) is 2.91. The van der Waals surface area contributed by atoms with Crippen LogP contribution in [-0.4, -0.2) is 24.3 Å². The maximum Gasteiger partial charge on any atom is 0.308 e. The molecule has 0 unspecified atom stereocenters. The second-order valence-corrected chi connectivity index (χ2v) is 8.80. The number of hydrogen-bond donors (Lipinski definition) is 1. The molecule has 0 spiro atoms. The van der Waals surface area contributed by atoms with Crippen LogP contribution in [-0.2, 0) is 16.0 Å². The summed E-state index contributed by atoms with van der Waals surface area (Å²) in [7, 11) is 0. The van der Waals surface area contributed by atoms with Gasteiger partial charge in [-0.3, -0.25) is 14.4 Å². The van der Waals surface area contributed by atoms with Crippen LogP contribution in [0.3, 0.4) is 0 Å². The van der Waals surface area contributed by atoms with Gasteiger partial charge in [-0.2, -0.15) is 0 Å². The largest absolute Gasteiger partial charge is 0.457 e. The van der Waals surface area contributed by atoms with Crippen LogP contribution in [0, 0.1) is 0 Å². The Hall–Kier alpha value is -4.51. The smallest absolute Gasteiger partial charge is 0.308 e. The molecule has 0 heterocycles. The van der Waals surface area contributed by atoms with Crippen LogP contribution in [0.15, 0.2) is 103 Å². The van der Waals surface area contributed by atoms with Gasteiger partial charge in [0.15, 0.2) is 12.4 Å². The van der Waals surface area contributed by atoms with Gasteiger partial charge in [-0.1, -0.05) is 84.9 Å². The van der Waals surface area contributed by atoms with Gasteiger partial charge in [0.2, 0.25) is 0 Å². The first-order valence-corrected chi connectivity index (χ1v) is 11.9. The lowest BCUT2D eigenvalue weighted by Gasteiger charge is -2.19. The number of nitrogens with one attached hydrogen (secondary N) is 1. The molecule has 1 aliphatic carbocycles. The first-order valence-electron chi connectivity index (χ1n) is 11.9. The van der Waals surface area contributed by atoms with E-state index in [-0.39, 0.29) is 24.7 Å². The lowest BCUT2D eigenvalue weighted by molar-refractivity contribution is -0.143. The van der Waals surface area contributed by atoms with Crippen molar-refractivity contribution >= 4 is 17.7 Å². The molecule has 0 aromatic heterocycles. The van der Waals surface area contributed by atoms with E-state index in [0.29, 0.717) is 11.1 Å². The maximum atomic E-state index is 12.8. The molecule has 0 fully saturated rings. The highest BCUT2D eigenvalue weighted by Crippen LogP contribution is 2.36. The van der Waals surface area contributed by atoms with Crippen LogP contribution >= 0.6 is 0 Å². The molecular weight excluding hydrogens is 450 g/mol. The monoisotopic (exact) mass is 475 g/mol. The molecule has 1 aliphatic rings. The zero-order chi connectivity index (χ0) is 24.9. The summed E-state index contributed by atoms with van der Waals surface area (Å²) in [5.41, 5.74) is 6.41. The lowest BCUT2D eigenvalue weighted by Crippen LogP contribution is -2.31. The number of ether oxygens (including phenoxy) is 1. The SMILES string of the molecule is O=C(C[C@@H](NC(=O)c1ccccc1)c1ccccc1)OCC(=O)c1ccc2c(c1)-c1ccccc1C2. The van der Waals surface area contributed by atoms with Gasteiger partial charge in [-0.05, 0) is 52.4 Å². The molecule has 1 amide bonds. The van der Waals surface area contributed by atoms with Gasteiger partial charge in [-0.25, -0.2) is 0 Å². The molecule has 36 heavy (non-hydrogen) atoms. The molecule has 0 aliphatic heterocycles. The third-order valence-corrected chi connectivity index (χ3v) is 6.40. The van der Waals surface area contributed by atoms with E-state index >= 15 is 0 Å². The van der Waals surface area contributed by atoms with Crippen molar-refractivity contribution in [1.82, 2.24) is 5.32 Å². The standard InChI is InChI=1S/C31H25NO4/c33-29(25-16-15-24-17-23-13-7-8-14-26(23)27(24)18-25)20-36-30(34)19-28(21-9-3-1-4-10-21)32-31(35)22-11-5-2-6-12-22/h1-16,18,28H,17,19-20H2,(H,32,35)/t28-/m1/s1. The molecule has 0 radical (unpaired) electrons. The summed E-state index contributed by atoms with van der Waals surface area (Å²) in [6, 6.07) is 31.3. The van der Waals surface area contributed by atoms with E-state index in [1.54, 1.807) is 30.3 Å². The first-order chi connectivity index (χ1) is 17.6. The highest BCUT2D eigenvalue weighted by atomic mass is 16.5. The molecule has 0 saturated heterocycles. The van der Waals surface area contributed by atoms with Gasteiger partial charge < -0.3 is 10.1 Å². The number of carbonyl (C=O) groups excluding carboxylic acids is 3. The quantitative estimate of drug-likeness (QED) is 0.236. The number of hydrogen-bond acceptors (Lipinski definition) is 4. The highest BCUT2D eigenvalue weighted by molar-refractivity contribution is 6.00. The molecule has 0 saturated carbocycles. The second kappa shape index (κ2) is 10.4. The van der Waals surface area contributed by atoms with Crippen LogP contribution in [0.1, 0.15) is 49.9 Å². The Labute approximate surface area is 209 Å². The van der Waals surface area contributed by atoms with Crippen LogP contribution in [0.25, 0.3) is 11.1 Å². The number of esters is 1. The van der Waals surface area contributed by atoms with E-state index in [4.69, 9.17) is 4.74 Å². The van der Waals surface area contributed by atoms with Gasteiger partial charge in [-0.15, -0.1) is 0 Å². The van der Waals surface area contributed by atoms with Crippen LogP contribution in [0.5, 0.6) is 0 Å². The third kappa shape index (κ3) is 5.10. The van der Waals surface area contributed by atoms with E-state index in [2.05, 4.69) is 17.4 Å². The molecule has 4 aromatic carbocycles. The minimum Gasteiger partial charge on any atom is -0.457 e. The van der Waals surface area contributed by atoms with Crippen molar-refractivity contribution in [3.8, 4) is 11.1 Å². The maximum absolute atomic E-state index is 12.8. The Bertz CT molecular complexity index is 1410. The fraction of sp³-hybridized carbons (Fsp3) is 0.129. The van der Waals surface area contributed by atoms with E-state index in [1.807, 2.05) is 60.7 Å². The summed E-state index contributed by atoms with van der Waals surface area (Å²) >= 11 is 0. The predicted molar refractivity (Wildman–Crippen MR) is 138 cm³/mol. The number of fused-ring (bicyclic) bond motifs is 3. The van der Waals surface area contributed by atoms with Gasteiger partial charge in [0, 0.05) is 11.1 Å². The molecule has 5 heteroatoms.